The smallest absolute Gasteiger partial charge is 0.256 e. The van der Waals surface area contributed by atoms with Crippen molar-refractivity contribution in [3.63, 3.8) is 0 Å². The Morgan fingerprint density at radius 1 is 1.23 bits per heavy atom. The first kappa shape index (κ1) is 16.8. The average Bonchev–Trinajstić information content (AvgIpc) is 3.32. The highest BCUT2D eigenvalue weighted by atomic mass is 16.5. The van der Waals surface area contributed by atoms with E-state index < -0.39 is 0 Å². The molecule has 0 bridgehead atoms. The van der Waals surface area contributed by atoms with Gasteiger partial charge in [-0.3, -0.25) is 9.78 Å². The third-order valence-corrected chi connectivity index (χ3v) is 5.16. The van der Waals surface area contributed by atoms with Gasteiger partial charge in [0.15, 0.2) is 0 Å². The van der Waals surface area contributed by atoms with E-state index in [9.17, 15) is 4.79 Å². The van der Waals surface area contributed by atoms with E-state index >= 15 is 0 Å². The van der Waals surface area contributed by atoms with Crippen LogP contribution in [-0.4, -0.2) is 40.6 Å². The summed E-state index contributed by atoms with van der Waals surface area (Å²) in [7, 11) is 1.70. The van der Waals surface area contributed by atoms with Crippen LogP contribution in [0.4, 0.5) is 0 Å². The van der Waals surface area contributed by atoms with Crippen LogP contribution in [0.15, 0.2) is 55.0 Å². The van der Waals surface area contributed by atoms with Gasteiger partial charge in [-0.25, -0.2) is 0 Å². The number of methoxy groups -OCH3 is 1. The Balaban J connectivity index is 1.69. The van der Waals surface area contributed by atoms with Crippen LogP contribution in [0.25, 0.3) is 10.9 Å². The Labute approximate surface area is 153 Å². The Bertz CT molecular complexity index is 904. The molecule has 3 aromatic rings. The molecular weight excluding hydrogens is 326 g/mol. The van der Waals surface area contributed by atoms with Crippen molar-refractivity contribution in [3.8, 4) is 0 Å². The number of benzene rings is 1. The minimum absolute atomic E-state index is 0.108. The summed E-state index contributed by atoms with van der Waals surface area (Å²) >= 11 is 0. The van der Waals surface area contributed by atoms with Crippen molar-refractivity contribution < 1.29 is 9.53 Å². The van der Waals surface area contributed by atoms with Crippen molar-refractivity contribution in [2.24, 2.45) is 0 Å². The van der Waals surface area contributed by atoms with Crippen LogP contribution in [-0.2, 0) is 11.3 Å². The Morgan fingerprint density at radius 2 is 2.04 bits per heavy atom. The molecule has 1 saturated heterocycles. The normalized spacial score (nSPS) is 17.1. The first-order valence-corrected chi connectivity index (χ1v) is 9.07. The SMILES string of the molecule is COCCn1cc(C(=O)N2CCC[C@H]2c2ccncc2)c2ccccc21. The highest BCUT2D eigenvalue weighted by Crippen LogP contribution is 2.34. The second-order valence-corrected chi connectivity index (χ2v) is 6.68. The van der Waals surface area contributed by atoms with Crippen molar-refractivity contribution in [1.82, 2.24) is 14.5 Å². The van der Waals surface area contributed by atoms with Crippen LogP contribution in [0.5, 0.6) is 0 Å². The van der Waals surface area contributed by atoms with E-state index in [1.807, 2.05) is 41.4 Å². The van der Waals surface area contributed by atoms with Gasteiger partial charge in [0.25, 0.3) is 5.91 Å². The van der Waals surface area contributed by atoms with Crippen molar-refractivity contribution in [2.45, 2.75) is 25.4 Å². The van der Waals surface area contributed by atoms with Gasteiger partial charge in [-0.2, -0.15) is 0 Å². The van der Waals surface area contributed by atoms with Gasteiger partial charge in [0.2, 0.25) is 0 Å². The van der Waals surface area contributed by atoms with Crippen LogP contribution in [0.1, 0.15) is 34.8 Å². The monoisotopic (exact) mass is 349 g/mol. The fraction of sp³-hybridized carbons (Fsp3) is 0.333. The summed E-state index contributed by atoms with van der Waals surface area (Å²) in [6.07, 6.45) is 7.60. The number of fused-ring (bicyclic) bond motifs is 1. The van der Waals surface area contributed by atoms with E-state index in [0.717, 1.165) is 48.0 Å². The maximum Gasteiger partial charge on any atom is 0.256 e. The average molecular weight is 349 g/mol. The quantitative estimate of drug-likeness (QED) is 0.706. The van der Waals surface area contributed by atoms with Gasteiger partial charge in [-0.15, -0.1) is 0 Å². The first-order chi connectivity index (χ1) is 12.8. The summed E-state index contributed by atoms with van der Waals surface area (Å²) < 4.78 is 7.33. The third kappa shape index (κ3) is 2.99. The molecule has 2 aromatic heterocycles. The number of nitrogens with zero attached hydrogens (tertiary/aromatic N) is 3. The number of amides is 1. The molecular formula is C21H23N3O2. The molecule has 0 N–H and O–H groups in total. The van der Waals surface area contributed by atoms with Gasteiger partial charge in [-0.1, -0.05) is 18.2 Å². The van der Waals surface area contributed by atoms with Gasteiger partial charge >= 0.3 is 0 Å². The fourth-order valence-electron chi connectivity index (χ4n) is 3.89. The predicted molar refractivity (Wildman–Crippen MR) is 101 cm³/mol. The minimum Gasteiger partial charge on any atom is -0.383 e. The van der Waals surface area contributed by atoms with E-state index in [-0.39, 0.29) is 11.9 Å². The molecule has 0 spiro atoms. The van der Waals surface area contributed by atoms with E-state index in [2.05, 4.69) is 15.6 Å². The largest absolute Gasteiger partial charge is 0.383 e. The molecule has 134 valence electrons. The molecule has 1 aliphatic heterocycles. The van der Waals surface area contributed by atoms with E-state index in [4.69, 9.17) is 4.74 Å². The van der Waals surface area contributed by atoms with Crippen LogP contribution < -0.4 is 0 Å². The molecule has 5 heteroatoms. The van der Waals surface area contributed by atoms with Crippen molar-refractivity contribution in [2.75, 3.05) is 20.3 Å². The fourth-order valence-corrected chi connectivity index (χ4v) is 3.89. The second kappa shape index (κ2) is 7.30. The topological polar surface area (TPSA) is 47.4 Å². The minimum atomic E-state index is 0.108. The van der Waals surface area contributed by atoms with Gasteiger partial charge in [0, 0.05) is 49.7 Å². The van der Waals surface area contributed by atoms with E-state index in [1.165, 1.54) is 0 Å². The zero-order chi connectivity index (χ0) is 17.9. The molecule has 1 aliphatic rings. The summed E-state index contributed by atoms with van der Waals surface area (Å²) in [4.78, 5) is 19.5. The van der Waals surface area contributed by atoms with Gasteiger partial charge < -0.3 is 14.2 Å². The number of pyridine rings is 1. The van der Waals surface area contributed by atoms with Crippen LogP contribution in [0, 0.1) is 0 Å². The van der Waals surface area contributed by atoms with E-state index in [0.29, 0.717) is 6.61 Å². The highest BCUT2D eigenvalue weighted by Gasteiger charge is 2.32. The van der Waals surface area contributed by atoms with Crippen molar-refractivity contribution >= 4 is 16.8 Å². The lowest BCUT2D eigenvalue weighted by molar-refractivity contribution is 0.0737. The van der Waals surface area contributed by atoms with Gasteiger partial charge in [-0.05, 0) is 36.6 Å². The number of rotatable bonds is 5. The van der Waals surface area contributed by atoms with Crippen LogP contribution >= 0.6 is 0 Å². The Hall–Kier alpha value is -2.66. The van der Waals surface area contributed by atoms with Crippen molar-refractivity contribution in [3.05, 3.63) is 66.1 Å². The Morgan fingerprint density at radius 3 is 2.85 bits per heavy atom. The second-order valence-electron chi connectivity index (χ2n) is 6.68. The summed E-state index contributed by atoms with van der Waals surface area (Å²) in [5.41, 5.74) is 3.01. The number of aromatic nitrogens is 2. The number of para-hydroxylation sites is 1. The molecule has 0 radical (unpaired) electrons. The molecule has 4 rings (SSSR count). The zero-order valence-electron chi connectivity index (χ0n) is 15.0. The zero-order valence-corrected chi connectivity index (χ0v) is 15.0. The maximum atomic E-state index is 13.4. The highest BCUT2D eigenvalue weighted by molar-refractivity contribution is 6.07. The predicted octanol–water partition coefficient (Wildman–Crippen LogP) is 3.66. The summed E-state index contributed by atoms with van der Waals surface area (Å²) in [5, 5.41) is 1.01. The lowest BCUT2D eigenvalue weighted by Crippen LogP contribution is -2.30. The lowest BCUT2D eigenvalue weighted by atomic mass is 10.1. The molecule has 1 atom stereocenters. The molecule has 3 heterocycles. The molecule has 0 saturated carbocycles. The Kier molecular flexibility index (Phi) is 4.71. The van der Waals surface area contributed by atoms with Crippen LogP contribution in [0.3, 0.4) is 0 Å². The molecule has 1 aromatic carbocycles. The molecule has 0 aliphatic carbocycles. The number of likely N-dealkylation sites (tertiary alicyclic amines) is 1. The van der Waals surface area contributed by atoms with Crippen LogP contribution in [0.2, 0.25) is 0 Å². The molecule has 1 amide bonds. The summed E-state index contributed by atoms with van der Waals surface area (Å²) in [5.74, 6) is 0.108. The maximum absolute atomic E-state index is 13.4. The van der Waals surface area contributed by atoms with Crippen molar-refractivity contribution in [1.29, 1.82) is 0 Å². The third-order valence-electron chi connectivity index (χ3n) is 5.16. The number of hydrogen-bond donors (Lipinski definition) is 0. The standard InChI is InChI=1S/C21H23N3O2/c1-26-14-13-23-15-18(17-5-2-3-6-20(17)23)21(25)24-12-4-7-19(24)16-8-10-22-11-9-16/h2-3,5-6,8-11,15,19H,4,7,12-14H2,1H3/t19-/m0/s1. The molecule has 0 unspecified atom stereocenters. The number of ether oxygens (including phenoxy) is 1. The molecule has 26 heavy (non-hydrogen) atoms. The van der Waals surface area contributed by atoms with Gasteiger partial charge in [0.1, 0.15) is 0 Å². The number of hydrogen-bond acceptors (Lipinski definition) is 3. The van der Waals surface area contributed by atoms with Gasteiger partial charge in [0.05, 0.1) is 18.2 Å². The number of carbonyl (C=O) groups excluding carboxylic acids is 1. The first-order valence-electron chi connectivity index (χ1n) is 9.07. The number of carbonyl (C=O) groups is 1. The van der Waals surface area contributed by atoms with E-state index in [1.54, 1.807) is 19.5 Å². The summed E-state index contributed by atoms with van der Waals surface area (Å²) in [6.45, 7) is 2.15. The lowest BCUT2D eigenvalue weighted by Gasteiger charge is -2.25. The summed E-state index contributed by atoms with van der Waals surface area (Å²) in [6, 6.07) is 12.2. The molecule has 5 nitrogen and oxygen atoms in total. The molecule has 1 fully saturated rings.